The van der Waals surface area contributed by atoms with Crippen molar-refractivity contribution in [2.24, 2.45) is 102 Å². The Morgan fingerprint density at radius 2 is 0.800 bits per heavy atom. The molecule has 0 aromatic rings. The molecule has 3 unspecified atom stereocenters. The number of carbonyl (C=O) groups excluding carboxylic acids is 2. The van der Waals surface area contributed by atoms with E-state index in [1.165, 1.54) is 62.2 Å². The van der Waals surface area contributed by atoms with Crippen LogP contribution in [0.3, 0.4) is 0 Å². The zero-order valence-corrected chi connectivity index (χ0v) is 63.7. The highest BCUT2D eigenvalue weighted by Gasteiger charge is 2.77. The number of hydrogen-bond acceptors (Lipinski definition) is 16. The smallest absolute Gasteiger partial charge is 0.172 e. The Morgan fingerprint density at radius 1 is 0.467 bits per heavy atom. The number of carbonyl (C=O) groups is 2. The molecule has 0 aromatic carbocycles. The first-order valence-electron chi connectivity index (χ1n) is 32.5. The van der Waals surface area contributed by atoms with Crippen LogP contribution in [0.1, 0.15) is 187 Å². The van der Waals surface area contributed by atoms with Gasteiger partial charge in [-0.1, -0.05) is 102 Å². The molecule has 12 fully saturated rings. The van der Waals surface area contributed by atoms with Crippen LogP contribution in [0.4, 0.5) is 0 Å². The van der Waals surface area contributed by atoms with E-state index in [9.17, 15) is 30.0 Å². The number of Topliss-reactive ketones (excluding diaryl/α,β-unsaturated/α-hetero) is 2. The maximum Gasteiger partial charge on any atom is 0.172 e. The Kier molecular flexibility index (Phi) is 25.5. The van der Waals surface area contributed by atoms with E-state index in [-0.39, 0.29) is 93.9 Å². The van der Waals surface area contributed by atoms with Crippen molar-refractivity contribution < 1.29 is 58.4 Å². The van der Waals surface area contributed by atoms with Crippen LogP contribution in [-0.2, 0) is 145 Å². The number of rotatable bonds is 3. The molecule has 514 valence electrons. The van der Waals surface area contributed by atoms with E-state index in [0.29, 0.717) is 64.3 Å². The van der Waals surface area contributed by atoms with Gasteiger partial charge in [0, 0.05) is 183 Å². The average molecular weight is 1460 g/mol. The van der Waals surface area contributed by atoms with E-state index in [0.717, 1.165) is 77.0 Å². The molecule has 4 N–H and O–H groups in total. The lowest BCUT2D eigenvalue weighted by molar-refractivity contribution is -0.281. The van der Waals surface area contributed by atoms with Gasteiger partial charge in [0.25, 0.3) is 0 Å². The van der Waals surface area contributed by atoms with Crippen molar-refractivity contribution in [3.05, 3.63) is 38.0 Å². The van der Waals surface area contributed by atoms with Gasteiger partial charge in [-0.2, -0.15) is 0 Å². The van der Waals surface area contributed by atoms with E-state index in [2.05, 4.69) is 141 Å². The highest BCUT2D eigenvalue weighted by atomic mass is 33.3. The molecule has 0 aromatic heterocycles. The molecular formula is C67H108O12S11. The molecule has 12 nitrogen and oxygen atoms in total. The van der Waals surface area contributed by atoms with Crippen molar-refractivity contribution in [2.75, 3.05) is 39.6 Å². The topological polar surface area (TPSA) is 170 Å². The van der Waals surface area contributed by atoms with Crippen molar-refractivity contribution in [1.29, 1.82) is 0 Å². The summed E-state index contributed by atoms with van der Waals surface area (Å²) in [7, 11) is 9.58. The molecule has 3 heterocycles. The second kappa shape index (κ2) is 29.4. The van der Waals surface area contributed by atoms with Crippen LogP contribution in [0, 0.1) is 102 Å². The molecule has 23 heteroatoms. The lowest BCUT2D eigenvalue weighted by atomic mass is 9.43. The molecular weight excluding hydrogens is 1350 g/mol. The molecule has 22 atom stereocenters. The molecule has 0 amide bonds. The van der Waals surface area contributed by atoms with Gasteiger partial charge in [0.15, 0.2) is 17.4 Å². The zero-order valence-electron chi connectivity index (χ0n) is 54.8. The first-order chi connectivity index (χ1) is 41.8. The van der Waals surface area contributed by atoms with Gasteiger partial charge in [-0.3, -0.25) is 9.59 Å². The standard InChI is InChI=1S/2C22H36O4.C22H32O4.CH4.S6.S5/c3*1-6-19(4)13-16(23)20(5)14(2)7-8-21(15(3)17(19)24)9-10-22(18(20)21)25-11-12-26-22;;1-3-5-6-4-2;1-3-5-4-2/h2*6,14-18,23-24H,1,7-13H2,2-5H3;6,14-15,18H,1,7-13H2,2-5H3;1H4;;/t2*14-,15+,16-,17+,18?,19+,20+,21-;14-,15+,18?,19+,20+,21-;;;/m111.../s1. The van der Waals surface area contributed by atoms with Gasteiger partial charge in [-0.25, -0.2) is 0 Å². The van der Waals surface area contributed by atoms with E-state index in [4.69, 9.17) is 28.4 Å². The first kappa shape index (κ1) is 77.9. The zero-order chi connectivity index (χ0) is 65.8. The van der Waals surface area contributed by atoms with Crippen molar-refractivity contribution in [1.82, 2.24) is 0 Å². The number of allylic oxidation sites excluding steroid dienone is 1. The molecule has 3 spiro atoms. The Morgan fingerprint density at radius 3 is 1.13 bits per heavy atom. The SMILES string of the molecule is C.C=C[C@@]1(C)CC(=O)[C@@]2(C)C3C4(CC[C@]3(CC[C@H]2C)[C@@H](C)C1=O)OCCO4.C=C[C@@]1(C)C[C@@H](O)[C@@]2(C)C3C4(CC[C@]3(CC[C@H]2C)[C@@H](C)[C@@H]1O)OCCO4.C=C[C@@]1(C)C[C@@H](O)[C@@]2(C)C3C4(CC[C@]3(CC[C@H]2C)[C@@H](C)[C@@H]1O)OCCO4.S=S=S=S=S.S=S=S=S=S=S. The minimum atomic E-state index is -0.778. The summed E-state index contributed by atoms with van der Waals surface area (Å²) in [5.74, 6) is -0.197. The van der Waals surface area contributed by atoms with E-state index in [1.54, 1.807) is 6.08 Å². The average Bonchev–Trinajstić information content (AvgIpc) is 1.41. The van der Waals surface area contributed by atoms with Crippen molar-refractivity contribution in [3.8, 4) is 0 Å². The van der Waals surface area contributed by atoms with Crippen molar-refractivity contribution in [2.45, 2.75) is 229 Å². The van der Waals surface area contributed by atoms with E-state index in [1.807, 2.05) is 19.1 Å². The van der Waals surface area contributed by atoms with E-state index < -0.39 is 63.4 Å². The molecule has 90 heavy (non-hydrogen) atoms. The van der Waals surface area contributed by atoms with Gasteiger partial charge in [-0.15, -0.1) is 19.7 Å². The summed E-state index contributed by atoms with van der Waals surface area (Å²) in [5, 5.41) is 45.9. The van der Waals surface area contributed by atoms with Crippen LogP contribution in [0.5, 0.6) is 0 Å². The number of ketones is 2. The second-order valence-electron chi connectivity index (χ2n) is 30.5. The molecule has 12 aliphatic rings. The quantitative estimate of drug-likeness (QED) is 0.197. The number of hydrogen-bond donors (Lipinski definition) is 4. The number of aliphatic hydroxyl groups is 4. The van der Waals surface area contributed by atoms with Crippen LogP contribution in [0.2, 0.25) is 0 Å². The van der Waals surface area contributed by atoms with Crippen LogP contribution < -0.4 is 0 Å². The Bertz CT molecular complexity index is 2850. The monoisotopic (exact) mass is 1460 g/mol. The summed E-state index contributed by atoms with van der Waals surface area (Å²) >= 11 is 17.9. The first-order valence-corrected chi connectivity index (χ1v) is 44.5. The molecule has 6 bridgehead atoms. The van der Waals surface area contributed by atoms with Crippen LogP contribution >= 0.6 is 0 Å². The second-order valence-corrected chi connectivity index (χ2v) is 42.9. The minimum absolute atomic E-state index is 0. The number of aliphatic hydroxyl groups excluding tert-OH is 4. The number of ether oxygens (including phenoxy) is 6. The molecule has 9 aliphatic carbocycles. The van der Waals surface area contributed by atoms with E-state index >= 15 is 0 Å². The summed E-state index contributed by atoms with van der Waals surface area (Å²) < 4.78 is 37.6. The Labute approximate surface area is 579 Å². The maximum atomic E-state index is 13.7. The van der Waals surface area contributed by atoms with Gasteiger partial charge in [0.1, 0.15) is 11.6 Å². The Hall–Kier alpha value is 0.580. The predicted octanol–water partition coefficient (Wildman–Crippen LogP) is 11.6. The summed E-state index contributed by atoms with van der Waals surface area (Å²) in [6, 6.07) is 0. The largest absolute Gasteiger partial charge is 0.393 e. The van der Waals surface area contributed by atoms with Gasteiger partial charge in [0.2, 0.25) is 0 Å². The Balaban J connectivity index is 0.000000176. The third kappa shape index (κ3) is 12.5. The third-order valence-corrected chi connectivity index (χ3v) is 38.7. The fourth-order valence-corrected chi connectivity index (χ4v) is 30.1. The van der Waals surface area contributed by atoms with Crippen molar-refractivity contribution >= 4 is 118 Å². The summed E-state index contributed by atoms with van der Waals surface area (Å²) in [4.78, 5) is 27.2. The fourth-order valence-electron chi connectivity index (χ4n) is 21.9. The van der Waals surface area contributed by atoms with Crippen molar-refractivity contribution in [3.63, 3.8) is 0 Å². The molecule has 3 aliphatic heterocycles. The summed E-state index contributed by atoms with van der Waals surface area (Å²) in [5.41, 5.74) is -3.20. The normalized spacial score (nSPS) is 47.6. The van der Waals surface area contributed by atoms with Gasteiger partial charge in [-0.05, 0) is 123 Å². The van der Waals surface area contributed by atoms with Crippen LogP contribution in [-0.4, -0.2) is 113 Å². The molecule has 3 saturated heterocycles. The van der Waals surface area contributed by atoms with Gasteiger partial charge < -0.3 is 48.8 Å². The molecule has 12 rings (SSSR count). The van der Waals surface area contributed by atoms with Gasteiger partial charge in [0.05, 0.1) is 69.5 Å². The highest BCUT2D eigenvalue weighted by Crippen LogP contribution is 2.75. The molecule has 9 saturated carbocycles. The summed E-state index contributed by atoms with van der Waals surface area (Å²) in [6.07, 6.45) is 16.3. The summed E-state index contributed by atoms with van der Waals surface area (Å²) in [6.45, 7) is 41.5. The highest BCUT2D eigenvalue weighted by molar-refractivity contribution is 8.64. The third-order valence-electron chi connectivity index (χ3n) is 27.6. The van der Waals surface area contributed by atoms with Crippen LogP contribution in [0.25, 0.3) is 0 Å². The lowest BCUT2D eigenvalue weighted by Crippen LogP contribution is -2.65. The molecule has 0 radical (unpaired) electrons. The lowest BCUT2D eigenvalue weighted by Gasteiger charge is -2.63. The maximum absolute atomic E-state index is 13.7. The predicted molar refractivity (Wildman–Crippen MR) is 387 cm³/mol. The minimum Gasteiger partial charge on any atom is -0.393 e. The van der Waals surface area contributed by atoms with Gasteiger partial charge >= 0.3 is 0 Å². The van der Waals surface area contributed by atoms with Crippen LogP contribution in [0.15, 0.2) is 38.0 Å². The fraction of sp³-hybridized carbons (Fsp3) is 0.881.